The number of nitrogens with zero attached hydrogens (tertiary/aromatic N) is 4. The van der Waals surface area contributed by atoms with Crippen LogP contribution in [-0.4, -0.2) is 53.7 Å². The van der Waals surface area contributed by atoms with Gasteiger partial charge in [-0.2, -0.15) is 0 Å². The lowest BCUT2D eigenvalue weighted by Crippen LogP contribution is -2.46. The molecule has 1 amide bonds. The fourth-order valence-corrected chi connectivity index (χ4v) is 3.78. The van der Waals surface area contributed by atoms with E-state index in [0.29, 0.717) is 17.5 Å². The lowest BCUT2D eigenvalue weighted by atomic mass is 9.92. The lowest BCUT2D eigenvalue weighted by Gasteiger charge is -2.34. The Bertz CT molecular complexity index is 797. The van der Waals surface area contributed by atoms with E-state index in [2.05, 4.69) is 78.1 Å². The molecule has 0 spiro atoms. The minimum absolute atomic E-state index is 0.213. The van der Waals surface area contributed by atoms with Gasteiger partial charge in [0.25, 0.3) is 5.91 Å². The van der Waals surface area contributed by atoms with Gasteiger partial charge in [-0.3, -0.25) is 4.79 Å². The zero-order chi connectivity index (χ0) is 21.0. The summed E-state index contributed by atoms with van der Waals surface area (Å²) in [6.45, 7) is 15.8. The number of likely N-dealkylation sites (N-methyl/N-ethyl adjacent to an activating group) is 1. The van der Waals surface area contributed by atoms with E-state index in [1.165, 1.54) is 0 Å². The number of hydrogen-bond donors (Lipinski definition) is 1. The standard InChI is InChI=1S/C23H33N5O/c1-6-27-12-14-28(15-13-27)21-11-10-20(25-26-21)23(29)24-22-18(16(2)3)8-7-9-19(22)17(4)5/h7-11,16-17H,6,12-15H2,1-5H3,(H,24,29). The molecule has 0 saturated carbocycles. The Hall–Kier alpha value is -2.47. The number of benzene rings is 1. The van der Waals surface area contributed by atoms with Crippen molar-refractivity contribution in [2.24, 2.45) is 0 Å². The molecule has 0 atom stereocenters. The normalized spacial score (nSPS) is 15.2. The fourth-order valence-electron chi connectivity index (χ4n) is 3.78. The van der Waals surface area contributed by atoms with Crippen LogP contribution in [0.1, 0.15) is 68.1 Å². The van der Waals surface area contributed by atoms with E-state index in [1.807, 2.05) is 6.07 Å². The molecule has 0 bridgehead atoms. The average Bonchev–Trinajstić information content (AvgIpc) is 2.73. The number of piperazine rings is 1. The second kappa shape index (κ2) is 9.35. The zero-order valence-corrected chi connectivity index (χ0v) is 18.3. The quantitative estimate of drug-likeness (QED) is 0.797. The van der Waals surface area contributed by atoms with Gasteiger partial charge in [0.2, 0.25) is 0 Å². The topological polar surface area (TPSA) is 61.4 Å². The van der Waals surface area contributed by atoms with Crippen molar-refractivity contribution in [1.29, 1.82) is 0 Å². The third kappa shape index (κ3) is 4.93. The smallest absolute Gasteiger partial charge is 0.276 e. The number of rotatable bonds is 6. The molecule has 1 saturated heterocycles. The summed E-state index contributed by atoms with van der Waals surface area (Å²) in [5.74, 6) is 1.26. The van der Waals surface area contributed by atoms with Crippen LogP contribution < -0.4 is 10.2 Å². The number of hydrogen-bond acceptors (Lipinski definition) is 5. The second-order valence-electron chi connectivity index (χ2n) is 8.27. The van der Waals surface area contributed by atoms with Crippen molar-refractivity contribution in [3.05, 3.63) is 47.2 Å². The van der Waals surface area contributed by atoms with Crippen LogP contribution in [-0.2, 0) is 0 Å². The van der Waals surface area contributed by atoms with Gasteiger partial charge in [0, 0.05) is 31.9 Å². The first-order chi connectivity index (χ1) is 13.9. The van der Waals surface area contributed by atoms with Crippen molar-refractivity contribution in [3.63, 3.8) is 0 Å². The van der Waals surface area contributed by atoms with Crippen LogP contribution in [0.3, 0.4) is 0 Å². The van der Waals surface area contributed by atoms with Crippen molar-refractivity contribution in [3.8, 4) is 0 Å². The Balaban J connectivity index is 1.75. The van der Waals surface area contributed by atoms with Crippen LogP contribution in [0.25, 0.3) is 0 Å². The molecule has 29 heavy (non-hydrogen) atoms. The Kier molecular flexibility index (Phi) is 6.85. The van der Waals surface area contributed by atoms with Crippen molar-refractivity contribution < 1.29 is 4.79 Å². The summed E-state index contributed by atoms with van der Waals surface area (Å²) in [6.07, 6.45) is 0. The number of carbonyl (C=O) groups excluding carboxylic acids is 1. The molecule has 2 heterocycles. The average molecular weight is 396 g/mol. The van der Waals surface area contributed by atoms with Crippen LogP contribution in [0.15, 0.2) is 30.3 Å². The van der Waals surface area contributed by atoms with Gasteiger partial charge in [-0.05, 0) is 41.6 Å². The first-order valence-electron chi connectivity index (χ1n) is 10.7. The van der Waals surface area contributed by atoms with Gasteiger partial charge in [0.1, 0.15) is 0 Å². The fraction of sp³-hybridized carbons (Fsp3) is 0.522. The Morgan fingerprint density at radius 3 is 2.07 bits per heavy atom. The minimum atomic E-state index is -0.213. The van der Waals surface area contributed by atoms with Crippen molar-refractivity contribution in [2.75, 3.05) is 42.9 Å². The maximum absolute atomic E-state index is 12.9. The van der Waals surface area contributed by atoms with E-state index < -0.39 is 0 Å². The van der Waals surface area contributed by atoms with Gasteiger partial charge in [-0.25, -0.2) is 0 Å². The molecule has 1 aromatic heterocycles. The van der Waals surface area contributed by atoms with E-state index in [-0.39, 0.29) is 5.91 Å². The van der Waals surface area contributed by atoms with Crippen LogP contribution in [0.4, 0.5) is 11.5 Å². The Labute approximate surface area is 174 Å². The van der Waals surface area contributed by atoms with Gasteiger partial charge in [-0.1, -0.05) is 52.8 Å². The predicted molar refractivity (Wildman–Crippen MR) is 119 cm³/mol. The zero-order valence-electron chi connectivity index (χ0n) is 18.3. The van der Waals surface area contributed by atoms with Crippen molar-refractivity contribution >= 4 is 17.4 Å². The molecule has 0 unspecified atom stereocenters. The highest BCUT2D eigenvalue weighted by molar-refractivity contribution is 6.03. The highest BCUT2D eigenvalue weighted by Gasteiger charge is 2.20. The number of amides is 1. The first-order valence-corrected chi connectivity index (χ1v) is 10.7. The first kappa shape index (κ1) is 21.2. The second-order valence-corrected chi connectivity index (χ2v) is 8.27. The maximum Gasteiger partial charge on any atom is 0.276 e. The minimum Gasteiger partial charge on any atom is -0.353 e. The Morgan fingerprint density at radius 1 is 0.966 bits per heavy atom. The Morgan fingerprint density at radius 2 is 1.59 bits per heavy atom. The van der Waals surface area contributed by atoms with Crippen LogP contribution >= 0.6 is 0 Å². The molecule has 1 aliphatic heterocycles. The van der Waals surface area contributed by atoms with E-state index in [0.717, 1.165) is 55.4 Å². The molecule has 156 valence electrons. The molecular weight excluding hydrogens is 362 g/mol. The van der Waals surface area contributed by atoms with Gasteiger partial charge in [-0.15, -0.1) is 10.2 Å². The number of carbonyl (C=O) groups is 1. The summed E-state index contributed by atoms with van der Waals surface area (Å²) in [5.41, 5.74) is 3.53. The summed E-state index contributed by atoms with van der Waals surface area (Å²) in [6, 6.07) is 9.90. The monoisotopic (exact) mass is 395 g/mol. The largest absolute Gasteiger partial charge is 0.353 e. The molecule has 0 aliphatic carbocycles. The van der Waals surface area contributed by atoms with Crippen LogP contribution in [0, 0.1) is 0 Å². The summed E-state index contributed by atoms with van der Waals surface area (Å²) < 4.78 is 0. The van der Waals surface area contributed by atoms with Gasteiger partial charge in [0.15, 0.2) is 11.5 Å². The van der Waals surface area contributed by atoms with Crippen LogP contribution in [0.5, 0.6) is 0 Å². The van der Waals surface area contributed by atoms with E-state index in [1.54, 1.807) is 6.07 Å². The highest BCUT2D eigenvalue weighted by Crippen LogP contribution is 2.32. The SMILES string of the molecule is CCN1CCN(c2ccc(C(=O)Nc3c(C(C)C)cccc3C(C)C)nn2)CC1. The molecule has 1 aromatic carbocycles. The summed E-state index contributed by atoms with van der Waals surface area (Å²) in [5, 5.41) is 11.7. The van der Waals surface area contributed by atoms with Gasteiger partial charge in [0.05, 0.1) is 0 Å². The summed E-state index contributed by atoms with van der Waals surface area (Å²) in [7, 11) is 0. The van der Waals surface area contributed by atoms with Crippen LogP contribution in [0.2, 0.25) is 0 Å². The number of para-hydroxylation sites is 1. The van der Waals surface area contributed by atoms with Gasteiger partial charge < -0.3 is 15.1 Å². The van der Waals surface area contributed by atoms with Crippen molar-refractivity contribution in [2.45, 2.75) is 46.5 Å². The summed E-state index contributed by atoms with van der Waals surface area (Å²) >= 11 is 0. The molecule has 2 aromatic rings. The molecule has 0 radical (unpaired) electrons. The molecule has 1 aliphatic rings. The molecular formula is C23H33N5O. The number of aromatic nitrogens is 2. The molecule has 6 heteroatoms. The molecule has 1 N–H and O–H groups in total. The van der Waals surface area contributed by atoms with Gasteiger partial charge >= 0.3 is 0 Å². The molecule has 1 fully saturated rings. The third-order valence-electron chi connectivity index (χ3n) is 5.64. The molecule has 3 rings (SSSR count). The highest BCUT2D eigenvalue weighted by atomic mass is 16.1. The molecule has 6 nitrogen and oxygen atoms in total. The van der Waals surface area contributed by atoms with E-state index in [9.17, 15) is 4.79 Å². The van der Waals surface area contributed by atoms with E-state index in [4.69, 9.17) is 0 Å². The number of nitrogens with one attached hydrogen (secondary N) is 1. The predicted octanol–water partition coefficient (Wildman–Crippen LogP) is 4.12. The lowest BCUT2D eigenvalue weighted by molar-refractivity contribution is 0.102. The summed E-state index contributed by atoms with van der Waals surface area (Å²) in [4.78, 5) is 17.5. The third-order valence-corrected chi connectivity index (χ3v) is 5.64. The van der Waals surface area contributed by atoms with E-state index >= 15 is 0 Å². The number of anilines is 2. The maximum atomic E-state index is 12.9. The van der Waals surface area contributed by atoms with Crippen molar-refractivity contribution in [1.82, 2.24) is 15.1 Å².